The SMILES string of the molecule is COc1cccc(CCNC(=O)Nc2ccc(C3Cc4cnc(NCCCN5CCCC5)nc4-c4ccccc43)cc2)c1OC. The molecule has 1 aromatic heterocycles. The van der Waals surface area contributed by atoms with Gasteiger partial charge in [0.25, 0.3) is 0 Å². The summed E-state index contributed by atoms with van der Waals surface area (Å²) in [6.07, 6.45) is 7.16. The number of nitrogens with one attached hydrogen (secondary N) is 3. The maximum absolute atomic E-state index is 12.6. The Kier molecular flexibility index (Phi) is 9.75. The molecule has 2 amide bonds. The molecule has 3 aromatic carbocycles. The summed E-state index contributed by atoms with van der Waals surface area (Å²) in [5, 5.41) is 9.33. The monoisotopic (exact) mass is 606 g/mol. The van der Waals surface area contributed by atoms with Gasteiger partial charge >= 0.3 is 6.03 Å². The van der Waals surface area contributed by atoms with Crippen molar-refractivity contribution < 1.29 is 14.3 Å². The minimum absolute atomic E-state index is 0.178. The minimum Gasteiger partial charge on any atom is -0.493 e. The number of hydrogen-bond donors (Lipinski definition) is 3. The number of hydrogen-bond acceptors (Lipinski definition) is 7. The molecule has 2 heterocycles. The quantitative estimate of drug-likeness (QED) is 0.167. The van der Waals surface area contributed by atoms with E-state index in [1.807, 2.05) is 36.5 Å². The van der Waals surface area contributed by atoms with Crippen molar-refractivity contribution in [2.45, 2.75) is 38.0 Å². The van der Waals surface area contributed by atoms with Crippen LogP contribution in [0.3, 0.4) is 0 Å². The van der Waals surface area contributed by atoms with Crippen molar-refractivity contribution in [2.75, 3.05) is 57.6 Å². The summed E-state index contributed by atoms with van der Waals surface area (Å²) >= 11 is 0. The topological polar surface area (TPSA) is 101 Å². The highest BCUT2D eigenvalue weighted by Gasteiger charge is 2.27. The highest BCUT2D eigenvalue weighted by molar-refractivity contribution is 5.89. The molecule has 1 saturated heterocycles. The van der Waals surface area contributed by atoms with Crippen LogP contribution in [-0.2, 0) is 12.8 Å². The number of nitrogens with zero attached hydrogens (tertiary/aromatic N) is 3. The van der Waals surface area contributed by atoms with E-state index in [1.165, 1.54) is 37.1 Å². The second-order valence-corrected chi connectivity index (χ2v) is 11.6. The largest absolute Gasteiger partial charge is 0.493 e. The lowest BCUT2D eigenvalue weighted by Crippen LogP contribution is -2.30. The number of anilines is 2. The molecule has 0 radical (unpaired) electrons. The van der Waals surface area contributed by atoms with E-state index in [-0.39, 0.29) is 11.9 Å². The Labute approximate surface area is 265 Å². The van der Waals surface area contributed by atoms with E-state index in [1.54, 1.807) is 14.2 Å². The van der Waals surface area contributed by atoms with Gasteiger partial charge in [-0.05, 0) is 92.2 Å². The molecule has 0 saturated carbocycles. The molecule has 1 fully saturated rings. The van der Waals surface area contributed by atoms with E-state index < -0.39 is 0 Å². The number of ether oxygens (including phenoxy) is 2. The molecule has 9 heteroatoms. The van der Waals surface area contributed by atoms with Crippen molar-refractivity contribution in [1.29, 1.82) is 0 Å². The van der Waals surface area contributed by atoms with Crippen molar-refractivity contribution in [3.8, 4) is 22.8 Å². The van der Waals surface area contributed by atoms with E-state index in [4.69, 9.17) is 14.5 Å². The van der Waals surface area contributed by atoms with Gasteiger partial charge in [0.15, 0.2) is 11.5 Å². The summed E-state index contributed by atoms with van der Waals surface area (Å²) in [6, 6.07) is 22.1. The predicted octanol–water partition coefficient (Wildman–Crippen LogP) is 6.11. The number of likely N-dealkylation sites (tertiary alicyclic amines) is 1. The van der Waals surface area contributed by atoms with Gasteiger partial charge in [-0.25, -0.2) is 14.8 Å². The number of urea groups is 1. The van der Waals surface area contributed by atoms with Crippen LogP contribution < -0.4 is 25.4 Å². The number of amides is 2. The van der Waals surface area contributed by atoms with Gasteiger partial charge in [-0.2, -0.15) is 0 Å². The standard InChI is InChI=1S/C36H42N6O3/c1-44-32-12-7-9-26(34(32)45-2)17-19-38-36(43)40-28-15-13-25(14-16-28)31-23-27-24-39-35(37-18-8-22-42-20-5-6-21-42)41-33(27)30-11-4-3-10-29(30)31/h3-4,7,9-16,24,31H,5-6,8,17-23H2,1-2H3,(H,37,39,41)(H2,38,40,43). The Hall–Kier alpha value is -4.63. The van der Waals surface area contributed by atoms with Gasteiger partial charge in [0.1, 0.15) is 0 Å². The second kappa shape index (κ2) is 14.4. The molecular weight excluding hydrogens is 564 g/mol. The van der Waals surface area contributed by atoms with Crippen LogP contribution in [0, 0.1) is 0 Å². The minimum atomic E-state index is -0.251. The first kappa shape index (κ1) is 30.4. The number of rotatable bonds is 12. The van der Waals surface area contributed by atoms with Gasteiger partial charge in [0.05, 0.1) is 19.9 Å². The maximum atomic E-state index is 12.6. The van der Waals surface area contributed by atoms with Gasteiger partial charge in [-0.3, -0.25) is 0 Å². The number of para-hydroxylation sites is 1. The highest BCUT2D eigenvalue weighted by Crippen LogP contribution is 2.42. The molecule has 6 rings (SSSR count). The van der Waals surface area contributed by atoms with E-state index in [0.29, 0.717) is 30.4 Å². The van der Waals surface area contributed by atoms with E-state index in [2.05, 4.69) is 62.2 Å². The Morgan fingerprint density at radius 2 is 1.78 bits per heavy atom. The van der Waals surface area contributed by atoms with Gasteiger partial charge < -0.3 is 30.3 Å². The Balaban J connectivity index is 1.06. The fraction of sp³-hybridized carbons (Fsp3) is 0.361. The maximum Gasteiger partial charge on any atom is 0.319 e. The third-order valence-electron chi connectivity index (χ3n) is 8.75. The number of methoxy groups -OCH3 is 2. The van der Waals surface area contributed by atoms with Crippen LogP contribution in [0.5, 0.6) is 11.5 Å². The molecule has 1 unspecified atom stereocenters. The molecule has 1 atom stereocenters. The number of fused-ring (bicyclic) bond motifs is 3. The zero-order valence-electron chi connectivity index (χ0n) is 26.1. The van der Waals surface area contributed by atoms with E-state index in [0.717, 1.165) is 54.0 Å². The molecular formula is C36H42N6O3. The zero-order valence-corrected chi connectivity index (χ0v) is 26.1. The third-order valence-corrected chi connectivity index (χ3v) is 8.75. The number of carbonyl (C=O) groups excluding carboxylic acids is 1. The lowest BCUT2D eigenvalue weighted by Gasteiger charge is -2.27. The molecule has 0 spiro atoms. The molecule has 3 N–H and O–H groups in total. The third kappa shape index (κ3) is 7.20. The van der Waals surface area contributed by atoms with Crippen molar-refractivity contribution in [3.05, 3.63) is 95.2 Å². The van der Waals surface area contributed by atoms with Gasteiger partial charge in [-0.1, -0.05) is 48.5 Å². The van der Waals surface area contributed by atoms with Crippen LogP contribution >= 0.6 is 0 Å². The normalized spacial score (nSPS) is 15.6. The molecule has 2 aliphatic rings. The van der Waals surface area contributed by atoms with E-state index in [9.17, 15) is 4.79 Å². The Morgan fingerprint density at radius 1 is 0.956 bits per heavy atom. The molecule has 45 heavy (non-hydrogen) atoms. The lowest BCUT2D eigenvalue weighted by molar-refractivity contribution is 0.252. The average molecular weight is 607 g/mol. The number of carbonyl (C=O) groups is 1. The molecule has 1 aliphatic heterocycles. The van der Waals surface area contributed by atoms with E-state index >= 15 is 0 Å². The van der Waals surface area contributed by atoms with Crippen molar-refractivity contribution in [1.82, 2.24) is 20.2 Å². The van der Waals surface area contributed by atoms with Crippen LogP contribution in [0.4, 0.5) is 16.4 Å². The number of aromatic nitrogens is 2. The van der Waals surface area contributed by atoms with Crippen LogP contribution in [0.1, 0.15) is 47.4 Å². The Morgan fingerprint density at radius 3 is 2.58 bits per heavy atom. The molecule has 1 aliphatic carbocycles. The smallest absolute Gasteiger partial charge is 0.319 e. The van der Waals surface area contributed by atoms with Crippen LogP contribution in [0.25, 0.3) is 11.3 Å². The molecule has 234 valence electrons. The van der Waals surface area contributed by atoms with Crippen LogP contribution in [0.15, 0.2) is 72.9 Å². The average Bonchev–Trinajstić information content (AvgIpc) is 3.60. The fourth-order valence-electron chi connectivity index (χ4n) is 6.46. The summed E-state index contributed by atoms with van der Waals surface area (Å²) in [5.74, 6) is 2.24. The number of benzene rings is 3. The van der Waals surface area contributed by atoms with Gasteiger partial charge in [0.2, 0.25) is 5.95 Å². The van der Waals surface area contributed by atoms with Gasteiger partial charge in [-0.15, -0.1) is 0 Å². The fourth-order valence-corrected chi connectivity index (χ4v) is 6.46. The summed E-state index contributed by atoms with van der Waals surface area (Å²) in [5.41, 5.74) is 7.48. The molecule has 0 bridgehead atoms. The summed E-state index contributed by atoms with van der Waals surface area (Å²) in [7, 11) is 3.24. The van der Waals surface area contributed by atoms with Crippen molar-refractivity contribution in [2.24, 2.45) is 0 Å². The zero-order chi connectivity index (χ0) is 31.0. The first-order chi connectivity index (χ1) is 22.1. The van der Waals surface area contributed by atoms with Gasteiger partial charge in [0, 0.05) is 36.5 Å². The lowest BCUT2D eigenvalue weighted by atomic mass is 9.78. The highest BCUT2D eigenvalue weighted by atomic mass is 16.5. The van der Waals surface area contributed by atoms with Crippen molar-refractivity contribution in [3.63, 3.8) is 0 Å². The van der Waals surface area contributed by atoms with Crippen LogP contribution in [0.2, 0.25) is 0 Å². The van der Waals surface area contributed by atoms with Crippen LogP contribution in [-0.4, -0.2) is 67.8 Å². The van der Waals surface area contributed by atoms with Crippen molar-refractivity contribution >= 4 is 17.7 Å². The summed E-state index contributed by atoms with van der Waals surface area (Å²) in [4.78, 5) is 24.8. The molecule has 9 nitrogen and oxygen atoms in total. The first-order valence-corrected chi connectivity index (χ1v) is 15.9. The summed E-state index contributed by atoms with van der Waals surface area (Å²) in [6.45, 7) is 4.91. The first-order valence-electron chi connectivity index (χ1n) is 15.9. The second-order valence-electron chi connectivity index (χ2n) is 11.6. The predicted molar refractivity (Wildman–Crippen MR) is 179 cm³/mol. The summed E-state index contributed by atoms with van der Waals surface area (Å²) < 4.78 is 10.9. The Bertz CT molecular complexity index is 1600. The molecule has 4 aromatic rings.